The van der Waals surface area contributed by atoms with Crippen molar-refractivity contribution in [2.24, 2.45) is 0 Å². The molecule has 1 heterocycles. The second-order valence-electron chi connectivity index (χ2n) is 3.19. The molecule has 0 spiro atoms. The van der Waals surface area contributed by atoms with E-state index in [0.717, 1.165) is 17.4 Å². The molecule has 2 rings (SSSR count). The van der Waals surface area contributed by atoms with Gasteiger partial charge in [-0.05, 0) is 11.6 Å². The number of aromatic nitrogens is 1. The number of rotatable bonds is 2. The van der Waals surface area contributed by atoms with E-state index in [-0.39, 0.29) is 0 Å². The number of anilines is 1. The Morgan fingerprint density at radius 1 is 1.20 bits per heavy atom. The van der Waals surface area contributed by atoms with Crippen molar-refractivity contribution in [2.45, 2.75) is 0 Å². The van der Waals surface area contributed by atoms with Crippen molar-refractivity contribution in [1.82, 2.24) is 4.98 Å². The van der Waals surface area contributed by atoms with Crippen molar-refractivity contribution >= 4 is 12.0 Å². The molecule has 3 nitrogen and oxygen atoms in total. The number of aldehydes is 1. The molecule has 0 aliphatic rings. The van der Waals surface area contributed by atoms with Gasteiger partial charge in [-0.3, -0.25) is 9.78 Å². The molecule has 0 aliphatic carbocycles. The van der Waals surface area contributed by atoms with Crippen molar-refractivity contribution in [3.05, 3.63) is 48.3 Å². The lowest BCUT2D eigenvalue weighted by Gasteiger charge is -2.04. The number of benzene rings is 1. The molecule has 1 aromatic carbocycles. The Balaban J connectivity index is 2.61. The molecule has 1 aromatic heterocycles. The Kier molecular flexibility index (Phi) is 2.46. The molecule has 15 heavy (non-hydrogen) atoms. The molecular weight excluding hydrogens is 188 g/mol. The number of hydrogen-bond donors (Lipinski definition) is 1. The van der Waals surface area contributed by atoms with Crippen molar-refractivity contribution < 1.29 is 4.79 Å². The van der Waals surface area contributed by atoms with Crippen LogP contribution in [0.15, 0.2) is 42.6 Å². The molecule has 74 valence electrons. The van der Waals surface area contributed by atoms with Crippen LogP contribution in [-0.4, -0.2) is 11.3 Å². The second kappa shape index (κ2) is 3.92. The standard InChI is InChI=1S/C12H10N2O/c13-10-6-11(12(8-15)14-7-10)9-4-2-1-3-5-9/h1-8H,13H2. The first-order valence-electron chi connectivity index (χ1n) is 4.57. The molecule has 3 heteroatoms. The van der Waals surface area contributed by atoms with Gasteiger partial charge in [0.1, 0.15) is 5.69 Å². The van der Waals surface area contributed by atoms with Crippen molar-refractivity contribution in [2.75, 3.05) is 5.73 Å². The fourth-order valence-corrected chi connectivity index (χ4v) is 1.43. The van der Waals surface area contributed by atoms with Crippen molar-refractivity contribution in [3.8, 4) is 11.1 Å². The van der Waals surface area contributed by atoms with Crippen LogP contribution in [0, 0.1) is 0 Å². The highest BCUT2D eigenvalue weighted by molar-refractivity contribution is 5.86. The number of nitrogen functional groups attached to an aromatic ring is 1. The van der Waals surface area contributed by atoms with Crippen molar-refractivity contribution in [3.63, 3.8) is 0 Å². The minimum absolute atomic E-state index is 0.412. The lowest BCUT2D eigenvalue weighted by molar-refractivity contribution is 0.111. The maximum atomic E-state index is 10.8. The average molecular weight is 198 g/mol. The van der Waals surface area contributed by atoms with Gasteiger partial charge >= 0.3 is 0 Å². The predicted octanol–water partition coefficient (Wildman–Crippen LogP) is 2.14. The Hall–Kier alpha value is -2.16. The largest absolute Gasteiger partial charge is 0.397 e. The van der Waals surface area contributed by atoms with Crippen LogP contribution in [-0.2, 0) is 0 Å². The molecule has 0 aliphatic heterocycles. The van der Waals surface area contributed by atoms with Crippen LogP contribution in [0.1, 0.15) is 10.5 Å². The number of pyridine rings is 1. The average Bonchev–Trinajstić information content (AvgIpc) is 2.30. The lowest BCUT2D eigenvalue weighted by Crippen LogP contribution is -1.95. The Morgan fingerprint density at radius 3 is 2.60 bits per heavy atom. The number of nitrogens with two attached hydrogens (primary N) is 1. The summed E-state index contributed by atoms with van der Waals surface area (Å²) in [4.78, 5) is 14.8. The molecule has 0 saturated heterocycles. The van der Waals surface area contributed by atoms with Crippen molar-refractivity contribution in [1.29, 1.82) is 0 Å². The molecule has 0 radical (unpaired) electrons. The third-order valence-electron chi connectivity index (χ3n) is 2.14. The topological polar surface area (TPSA) is 56.0 Å². The third kappa shape index (κ3) is 1.86. The number of carbonyl (C=O) groups is 1. The first-order valence-corrected chi connectivity index (χ1v) is 4.57. The maximum absolute atomic E-state index is 10.8. The molecule has 2 N–H and O–H groups in total. The highest BCUT2D eigenvalue weighted by Crippen LogP contribution is 2.22. The molecule has 0 bridgehead atoms. The van der Waals surface area contributed by atoms with E-state index in [1.54, 1.807) is 6.07 Å². The summed E-state index contributed by atoms with van der Waals surface area (Å²) in [6.45, 7) is 0. The summed E-state index contributed by atoms with van der Waals surface area (Å²) in [5.74, 6) is 0. The van der Waals surface area contributed by atoms with Gasteiger partial charge in [-0.25, -0.2) is 0 Å². The smallest absolute Gasteiger partial charge is 0.169 e. The minimum Gasteiger partial charge on any atom is -0.397 e. The summed E-state index contributed by atoms with van der Waals surface area (Å²) < 4.78 is 0. The van der Waals surface area contributed by atoms with Gasteiger partial charge < -0.3 is 5.73 Å². The normalized spacial score (nSPS) is 9.87. The van der Waals surface area contributed by atoms with Gasteiger partial charge in [-0.1, -0.05) is 30.3 Å². The lowest BCUT2D eigenvalue weighted by atomic mass is 10.0. The van der Waals surface area contributed by atoms with Crippen LogP contribution in [0.3, 0.4) is 0 Å². The Morgan fingerprint density at radius 2 is 1.93 bits per heavy atom. The second-order valence-corrected chi connectivity index (χ2v) is 3.19. The Labute approximate surface area is 87.6 Å². The summed E-state index contributed by atoms with van der Waals surface area (Å²) in [7, 11) is 0. The summed E-state index contributed by atoms with van der Waals surface area (Å²) in [5.41, 5.74) is 8.32. The molecule has 0 atom stereocenters. The van der Waals surface area contributed by atoms with Gasteiger partial charge in [-0.15, -0.1) is 0 Å². The number of nitrogens with zero attached hydrogens (tertiary/aromatic N) is 1. The van der Waals surface area contributed by atoms with E-state index < -0.39 is 0 Å². The van der Waals surface area contributed by atoms with Crippen LogP contribution in [0.25, 0.3) is 11.1 Å². The Bertz CT molecular complexity index is 480. The molecule has 0 fully saturated rings. The minimum atomic E-state index is 0.412. The van der Waals surface area contributed by atoms with E-state index >= 15 is 0 Å². The van der Waals surface area contributed by atoms with Gasteiger partial charge in [0.15, 0.2) is 6.29 Å². The highest BCUT2D eigenvalue weighted by Gasteiger charge is 2.05. The van der Waals surface area contributed by atoms with Gasteiger partial charge in [0, 0.05) is 5.56 Å². The fourth-order valence-electron chi connectivity index (χ4n) is 1.43. The van der Waals surface area contributed by atoms with E-state index in [2.05, 4.69) is 4.98 Å². The van der Waals surface area contributed by atoms with Gasteiger partial charge in [0.25, 0.3) is 0 Å². The molecule has 2 aromatic rings. The summed E-state index contributed by atoms with van der Waals surface area (Å²) in [6.07, 6.45) is 2.22. The van der Waals surface area contributed by atoms with Crippen LogP contribution in [0.5, 0.6) is 0 Å². The van der Waals surface area contributed by atoms with Crippen LogP contribution >= 0.6 is 0 Å². The zero-order chi connectivity index (χ0) is 10.7. The van der Waals surface area contributed by atoms with Gasteiger partial charge in [-0.2, -0.15) is 0 Å². The summed E-state index contributed by atoms with van der Waals surface area (Å²) in [5, 5.41) is 0. The van der Waals surface area contributed by atoms with E-state index in [1.807, 2.05) is 30.3 Å². The molecule has 0 amide bonds. The maximum Gasteiger partial charge on any atom is 0.169 e. The number of hydrogen-bond acceptors (Lipinski definition) is 3. The third-order valence-corrected chi connectivity index (χ3v) is 2.14. The summed E-state index contributed by atoms with van der Waals surface area (Å²) >= 11 is 0. The molecule has 0 saturated carbocycles. The van der Waals surface area contributed by atoms with Crippen LogP contribution in [0.2, 0.25) is 0 Å². The molecule has 0 unspecified atom stereocenters. The van der Waals surface area contributed by atoms with E-state index in [1.165, 1.54) is 6.20 Å². The molecular formula is C12H10N2O. The van der Waals surface area contributed by atoms with Crippen LogP contribution < -0.4 is 5.73 Å². The first kappa shape index (κ1) is 9.40. The van der Waals surface area contributed by atoms with E-state index in [0.29, 0.717) is 11.4 Å². The van der Waals surface area contributed by atoms with Gasteiger partial charge in [0.05, 0.1) is 11.9 Å². The zero-order valence-electron chi connectivity index (χ0n) is 8.05. The summed E-state index contributed by atoms with van der Waals surface area (Å²) in [6, 6.07) is 11.3. The monoisotopic (exact) mass is 198 g/mol. The number of carbonyl (C=O) groups excluding carboxylic acids is 1. The van der Waals surface area contributed by atoms with E-state index in [9.17, 15) is 4.79 Å². The zero-order valence-corrected chi connectivity index (χ0v) is 8.05. The van der Waals surface area contributed by atoms with E-state index in [4.69, 9.17) is 5.73 Å². The predicted molar refractivity (Wildman–Crippen MR) is 59.5 cm³/mol. The highest BCUT2D eigenvalue weighted by atomic mass is 16.1. The first-order chi connectivity index (χ1) is 7.31. The van der Waals surface area contributed by atoms with Gasteiger partial charge in [0.2, 0.25) is 0 Å². The van der Waals surface area contributed by atoms with Crippen LogP contribution in [0.4, 0.5) is 5.69 Å². The fraction of sp³-hybridized carbons (Fsp3) is 0. The SMILES string of the molecule is Nc1cnc(C=O)c(-c2ccccc2)c1. The quantitative estimate of drug-likeness (QED) is 0.752.